The summed E-state index contributed by atoms with van der Waals surface area (Å²) in [6.45, 7) is 4.13. The molecule has 4 heterocycles. The predicted molar refractivity (Wildman–Crippen MR) is 102 cm³/mol. The van der Waals surface area contributed by atoms with Crippen LogP contribution >= 0.6 is 0 Å². The Morgan fingerprint density at radius 1 is 1.31 bits per heavy atom. The van der Waals surface area contributed by atoms with Crippen molar-refractivity contribution in [2.75, 3.05) is 32.4 Å². The van der Waals surface area contributed by atoms with E-state index in [4.69, 9.17) is 4.52 Å². The molecule has 1 amide bonds. The largest absolute Gasteiger partial charge is 0.339 e. The van der Waals surface area contributed by atoms with Gasteiger partial charge in [0.05, 0.1) is 12.2 Å². The maximum atomic E-state index is 12.9. The van der Waals surface area contributed by atoms with Crippen LogP contribution in [-0.2, 0) is 16.6 Å². The second-order valence-corrected chi connectivity index (χ2v) is 10.4. The molecule has 5 rings (SSSR count). The van der Waals surface area contributed by atoms with Crippen molar-refractivity contribution in [2.24, 2.45) is 5.41 Å². The van der Waals surface area contributed by atoms with Crippen LogP contribution in [0.15, 0.2) is 16.8 Å². The third-order valence-corrected chi connectivity index (χ3v) is 7.53. The summed E-state index contributed by atoms with van der Waals surface area (Å²) < 4.78 is 33.1. The molecule has 0 aromatic carbocycles. The van der Waals surface area contributed by atoms with Crippen LogP contribution in [0.25, 0.3) is 0 Å². The molecule has 11 heteroatoms. The molecule has 0 N–H and O–H groups in total. The van der Waals surface area contributed by atoms with E-state index >= 15 is 0 Å². The highest BCUT2D eigenvalue weighted by Gasteiger charge is 2.59. The summed E-state index contributed by atoms with van der Waals surface area (Å²) in [5.74, 6) is 1.27. The Hall–Kier alpha value is -2.27. The van der Waals surface area contributed by atoms with Gasteiger partial charge in [0.25, 0.3) is 5.91 Å². The molecule has 156 valence electrons. The first kappa shape index (κ1) is 18.7. The SMILES string of the molecule is CCn1nccc1C(=O)N1CC2(C1)CN(S(C)(=O)=O)CC2c1nc(C2CC2)no1. The van der Waals surface area contributed by atoms with Gasteiger partial charge in [-0.05, 0) is 25.8 Å². The lowest BCUT2D eigenvalue weighted by atomic mass is 9.71. The minimum Gasteiger partial charge on any atom is -0.339 e. The summed E-state index contributed by atoms with van der Waals surface area (Å²) in [5.41, 5.74) is 0.147. The van der Waals surface area contributed by atoms with E-state index in [1.165, 1.54) is 10.6 Å². The maximum absolute atomic E-state index is 12.9. The van der Waals surface area contributed by atoms with Crippen molar-refractivity contribution in [3.05, 3.63) is 29.7 Å². The average Bonchev–Trinajstić information content (AvgIpc) is 3.10. The topological polar surface area (TPSA) is 114 Å². The highest BCUT2D eigenvalue weighted by atomic mass is 32.2. The molecule has 29 heavy (non-hydrogen) atoms. The molecule has 2 saturated heterocycles. The highest BCUT2D eigenvalue weighted by Crippen LogP contribution is 2.50. The Kier molecular flexibility index (Phi) is 4.11. The maximum Gasteiger partial charge on any atom is 0.272 e. The second kappa shape index (κ2) is 6.36. The Morgan fingerprint density at radius 3 is 2.72 bits per heavy atom. The van der Waals surface area contributed by atoms with Gasteiger partial charge in [-0.2, -0.15) is 10.1 Å². The lowest BCUT2D eigenvalue weighted by Gasteiger charge is -2.50. The first-order valence-electron chi connectivity index (χ1n) is 9.90. The first-order valence-corrected chi connectivity index (χ1v) is 11.8. The van der Waals surface area contributed by atoms with Crippen molar-refractivity contribution in [3.63, 3.8) is 0 Å². The lowest BCUT2D eigenvalue weighted by molar-refractivity contribution is 0.000451. The summed E-state index contributed by atoms with van der Waals surface area (Å²) >= 11 is 0. The fourth-order valence-electron chi connectivity index (χ4n) is 4.52. The number of amides is 1. The summed E-state index contributed by atoms with van der Waals surface area (Å²) in [7, 11) is -3.35. The van der Waals surface area contributed by atoms with Crippen molar-refractivity contribution < 1.29 is 17.7 Å². The number of hydrogen-bond donors (Lipinski definition) is 0. The number of carbonyl (C=O) groups excluding carboxylic acids is 1. The van der Waals surface area contributed by atoms with Gasteiger partial charge >= 0.3 is 0 Å². The van der Waals surface area contributed by atoms with Gasteiger partial charge in [0.15, 0.2) is 5.82 Å². The number of likely N-dealkylation sites (tertiary alicyclic amines) is 1. The van der Waals surface area contributed by atoms with E-state index in [2.05, 4.69) is 15.2 Å². The number of rotatable bonds is 5. The quantitative estimate of drug-likeness (QED) is 0.698. The van der Waals surface area contributed by atoms with Crippen molar-refractivity contribution in [3.8, 4) is 0 Å². The van der Waals surface area contributed by atoms with E-state index in [-0.39, 0.29) is 11.8 Å². The molecule has 1 aliphatic carbocycles. The fraction of sp³-hybridized carbons (Fsp3) is 0.667. The summed E-state index contributed by atoms with van der Waals surface area (Å²) in [6.07, 6.45) is 4.97. The van der Waals surface area contributed by atoms with Crippen LogP contribution in [0.3, 0.4) is 0 Å². The van der Waals surface area contributed by atoms with Gasteiger partial charge in [0.2, 0.25) is 15.9 Å². The lowest BCUT2D eigenvalue weighted by Crippen LogP contribution is -2.61. The third kappa shape index (κ3) is 3.07. The average molecular weight is 420 g/mol. The van der Waals surface area contributed by atoms with Gasteiger partial charge in [-0.1, -0.05) is 5.16 Å². The van der Waals surface area contributed by atoms with Crippen LogP contribution in [0.4, 0.5) is 0 Å². The Balaban J connectivity index is 1.40. The Labute approximate surface area is 168 Å². The van der Waals surface area contributed by atoms with Crippen LogP contribution in [0.2, 0.25) is 0 Å². The van der Waals surface area contributed by atoms with Gasteiger partial charge in [-0.25, -0.2) is 12.7 Å². The van der Waals surface area contributed by atoms with Gasteiger partial charge in [0, 0.05) is 50.3 Å². The molecular weight excluding hydrogens is 396 g/mol. The Bertz CT molecular complexity index is 1050. The fourth-order valence-corrected chi connectivity index (χ4v) is 5.43. The molecule has 2 aliphatic heterocycles. The van der Waals surface area contributed by atoms with E-state index in [9.17, 15) is 13.2 Å². The number of aromatic nitrogens is 4. The van der Waals surface area contributed by atoms with Crippen molar-refractivity contribution >= 4 is 15.9 Å². The van der Waals surface area contributed by atoms with Crippen molar-refractivity contribution in [1.29, 1.82) is 0 Å². The monoisotopic (exact) mass is 420 g/mol. The smallest absolute Gasteiger partial charge is 0.272 e. The van der Waals surface area contributed by atoms with Gasteiger partial charge in [-0.3, -0.25) is 9.48 Å². The second-order valence-electron chi connectivity index (χ2n) is 8.43. The van der Waals surface area contributed by atoms with Crippen LogP contribution in [0.5, 0.6) is 0 Å². The van der Waals surface area contributed by atoms with Crippen molar-refractivity contribution in [2.45, 2.75) is 38.1 Å². The summed E-state index contributed by atoms with van der Waals surface area (Å²) in [6, 6.07) is 1.71. The minimum atomic E-state index is -3.35. The van der Waals surface area contributed by atoms with Gasteiger partial charge < -0.3 is 9.42 Å². The summed E-state index contributed by atoms with van der Waals surface area (Å²) in [4.78, 5) is 19.2. The van der Waals surface area contributed by atoms with Gasteiger partial charge in [0.1, 0.15) is 5.69 Å². The number of hydrogen-bond acceptors (Lipinski definition) is 7. The molecule has 2 aromatic heterocycles. The molecule has 1 atom stereocenters. The summed E-state index contributed by atoms with van der Waals surface area (Å²) in [5, 5.41) is 8.27. The Morgan fingerprint density at radius 2 is 2.07 bits per heavy atom. The molecule has 2 aromatic rings. The molecule has 0 bridgehead atoms. The first-order chi connectivity index (χ1) is 13.8. The minimum absolute atomic E-state index is 0.0873. The number of carbonyl (C=O) groups is 1. The highest BCUT2D eigenvalue weighted by molar-refractivity contribution is 7.88. The zero-order valence-electron chi connectivity index (χ0n) is 16.5. The van der Waals surface area contributed by atoms with Crippen LogP contribution < -0.4 is 0 Å². The molecule has 1 spiro atoms. The molecule has 0 radical (unpaired) electrons. The van der Waals surface area contributed by atoms with Crippen LogP contribution in [-0.4, -0.2) is 75.9 Å². The zero-order valence-corrected chi connectivity index (χ0v) is 17.3. The molecule has 3 fully saturated rings. The van der Waals surface area contributed by atoms with E-state index < -0.39 is 15.4 Å². The molecule has 1 saturated carbocycles. The number of nitrogens with zero attached hydrogens (tertiary/aromatic N) is 6. The van der Waals surface area contributed by atoms with E-state index in [1.807, 2.05) is 6.92 Å². The van der Waals surface area contributed by atoms with Crippen molar-refractivity contribution in [1.82, 2.24) is 29.1 Å². The van der Waals surface area contributed by atoms with Gasteiger partial charge in [-0.15, -0.1) is 0 Å². The van der Waals surface area contributed by atoms with E-state index in [0.717, 1.165) is 12.8 Å². The molecule has 1 unspecified atom stereocenters. The number of sulfonamides is 1. The molecular formula is C18H24N6O4S. The third-order valence-electron chi connectivity index (χ3n) is 6.32. The van der Waals surface area contributed by atoms with Crippen LogP contribution in [0.1, 0.15) is 53.8 Å². The molecule has 3 aliphatic rings. The zero-order chi connectivity index (χ0) is 20.4. The molecule has 10 nitrogen and oxygen atoms in total. The standard InChI is InChI=1S/C18H24N6O4S/c1-3-24-14(6-7-19-24)17(25)22-9-18(10-22)11-23(29(2,26)27)8-13(18)16-20-15(21-28-16)12-4-5-12/h6-7,12-13H,3-5,8-11H2,1-2H3. The predicted octanol–water partition coefficient (Wildman–Crippen LogP) is 0.665. The van der Waals surface area contributed by atoms with E-state index in [1.54, 1.807) is 21.8 Å². The normalized spacial score (nSPS) is 24.2. The van der Waals surface area contributed by atoms with E-state index in [0.29, 0.717) is 56.1 Å². The number of aryl methyl sites for hydroxylation is 1. The van der Waals surface area contributed by atoms with Crippen LogP contribution in [0, 0.1) is 5.41 Å².